The van der Waals surface area contributed by atoms with Gasteiger partial charge < -0.3 is 8.37 Å². The van der Waals surface area contributed by atoms with Gasteiger partial charge >= 0.3 is 20.2 Å². The minimum absolute atomic E-state index is 0.00367. The van der Waals surface area contributed by atoms with Crippen LogP contribution in [0, 0.1) is 0 Å². The number of carbonyl (C=O) groups is 3. The third kappa shape index (κ3) is 9.89. The molecule has 3 aliphatic carbocycles. The topological polar surface area (TPSA) is 318 Å². The number of sulfone groups is 1. The van der Waals surface area contributed by atoms with E-state index in [1.165, 1.54) is 127 Å². The fourth-order valence-corrected chi connectivity index (χ4v) is 14.1. The van der Waals surface area contributed by atoms with E-state index < -0.39 is 76.4 Å². The first-order valence-electron chi connectivity index (χ1n) is 24.9. The summed E-state index contributed by atoms with van der Waals surface area (Å²) in [6.45, 7) is 5.88. The molecule has 20 nitrogen and oxygen atoms in total. The molecule has 3 unspecified atom stereocenters. The zero-order valence-corrected chi connectivity index (χ0v) is 45.8. The Kier molecular flexibility index (Phi) is 14.4. The van der Waals surface area contributed by atoms with Gasteiger partial charge in [0, 0.05) is 58.9 Å². The fourth-order valence-electron chi connectivity index (χ4n) is 10.3. The van der Waals surface area contributed by atoms with Crippen LogP contribution < -0.4 is 8.37 Å². The van der Waals surface area contributed by atoms with Gasteiger partial charge in [-0.2, -0.15) is 16.8 Å². The molecule has 0 fully saturated rings. The van der Waals surface area contributed by atoms with Crippen molar-refractivity contribution >= 4 is 65.7 Å². The molecule has 0 heterocycles. The van der Waals surface area contributed by atoms with Crippen molar-refractivity contribution in [2.24, 2.45) is 15.3 Å². The van der Waals surface area contributed by atoms with Crippen LogP contribution in [-0.4, -0.2) is 60.7 Å². The number of Topliss-reactive ketones (excluding diaryl/α,β-unsaturated/α-hetero) is 3. The van der Waals surface area contributed by atoms with Gasteiger partial charge in [-0.25, -0.2) is 8.42 Å². The van der Waals surface area contributed by atoms with Crippen molar-refractivity contribution in [1.29, 1.82) is 0 Å². The van der Waals surface area contributed by atoms with Crippen LogP contribution in [0.3, 0.4) is 0 Å². The number of rotatable bonds is 16. The molecule has 82 heavy (non-hydrogen) atoms. The van der Waals surface area contributed by atoms with Gasteiger partial charge in [-0.1, -0.05) is 163 Å². The summed E-state index contributed by atoms with van der Waals surface area (Å²) in [5.41, 5.74) is 29.2. The summed E-state index contributed by atoms with van der Waals surface area (Å²) in [6, 6.07) is 36.0. The van der Waals surface area contributed by atoms with E-state index in [1.54, 1.807) is 36.4 Å². The molecule has 10 rings (SSSR count). The van der Waals surface area contributed by atoms with Crippen molar-refractivity contribution in [3.63, 3.8) is 0 Å². The number of carbonyl (C=O) groups excluding carboxylic acids is 3. The highest BCUT2D eigenvalue weighted by Gasteiger charge is 2.36. The molecular formula is C59H43N9O11S3. The Morgan fingerprint density at radius 1 is 0.415 bits per heavy atom. The Labute approximate surface area is 469 Å². The van der Waals surface area contributed by atoms with Crippen LogP contribution in [-0.2, 0) is 40.9 Å². The quantitative estimate of drug-likeness (QED) is 0.0288. The van der Waals surface area contributed by atoms with Crippen LogP contribution >= 0.6 is 0 Å². The van der Waals surface area contributed by atoms with Crippen molar-refractivity contribution in [1.82, 2.24) is 0 Å². The molecular weight excluding hydrogens is 1110 g/mol. The molecule has 7 aromatic carbocycles. The van der Waals surface area contributed by atoms with Gasteiger partial charge in [0.15, 0.2) is 17.3 Å². The molecule has 0 spiro atoms. The highest BCUT2D eigenvalue weighted by molar-refractivity contribution is 7.91. The van der Waals surface area contributed by atoms with E-state index >= 15 is 0 Å². The standard InChI is InChI=1S/C59H43N9O11S3/c1-58(2,36-21-27-42(28-22-36)80(72,73)52-10-4-7-46-43(52)29-32-49(55(46)69)63-66-60)35-13-15-37(16-14-35)59(3,38-17-23-40(24-18-38)78-81(74,75)53-11-5-8-47-44(53)30-33-50(56(47)70)64-67-61)39-19-25-41(26-20-39)79-82(76,77)54-12-6-9-48-45(54)31-34-51(57(48)71)65-68-62/h4-34,49-51H,1-3H3. The second kappa shape index (κ2) is 21.3. The smallest absolute Gasteiger partial charge is 0.339 e. The summed E-state index contributed by atoms with van der Waals surface area (Å²) in [4.78, 5) is 46.7. The van der Waals surface area contributed by atoms with Gasteiger partial charge in [0.2, 0.25) is 9.84 Å². The van der Waals surface area contributed by atoms with Gasteiger partial charge in [-0.05, 0) is 106 Å². The van der Waals surface area contributed by atoms with E-state index in [2.05, 4.69) is 30.1 Å². The molecule has 7 aromatic rings. The molecule has 0 radical (unpaired) electrons. The second-order valence-corrected chi connectivity index (χ2v) is 24.7. The third-order valence-electron chi connectivity index (χ3n) is 14.8. The second-order valence-electron chi connectivity index (χ2n) is 19.8. The lowest BCUT2D eigenvalue weighted by atomic mass is 9.70. The van der Waals surface area contributed by atoms with Crippen LogP contribution in [0.4, 0.5) is 0 Å². The molecule has 3 aliphatic rings. The lowest BCUT2D eigenvalue weighted by Gasteiger charge is -2.33. The minimum Gasteiger partial charge on any atom is -0.379 e. The Bertz CT molecular complexity index is 4280. The maximum Gasteiger partial charge on any atom is 0.339 e. The van der Waals surface area contributed by atoms with Crippen LogP contribution in [0.1, 0.15) is 96.4 Å². The molecule has 0 bridgehead atoms. The van der Waals surface area contributed by atoms with E-state index in [9.17, 15) is 39.6 Å². The number of benzene rings is 7. The average molecular weight is 1150 g/mol. The lowest BCUT2D eigenvalue weighted by Crippen LogP contribution is -2.26. The predicted molar refractivity (Wildman–Crippen MR) is 303 cm³/mol. The summed E-state index contributed by atoms with van der Waals surface area (Å²) in [5, 5.41) is 10.5. The van der Waals surface area contributed by atoms with E-state index in [4.69, 9.17) is 25.0 Å². The monoisotopic (exact) mass is 1150 g/mol. The van der Waals surface area contributed by atoms with Crippen LogP contribution in [0.25, 0.3) is 49.6 Å². The molecule has 0 saturated heterocycles. The minimum atomic E-state index is -4.55. The Hall–Kier alpha value is -9.85. The van der Waals surface area contributed by atoms with E-state index in [0.29, 0.717) is 11.1 Å². The Balaban J connectivity index is 0.966. The van der Waals surface area contributed by atoms with Gasteiger partial charge in [-0.15, -0.1) is 0 Å². The molecule has 0 amide bonds. The predicted octanol–water partition coefficient (Wildman–Crippen LogP) is 12.4. The molecule has 408 valence electrons. The van der Waals surface area contributed by atoms with Gasteiger partial charge in [0.1, 0.15) is 39.4 Å². The maximum atomic E-state index is 14.1. The Morgan fingerprint density at radius 3 is 1.07 bits per heavy atom. The van der Waals surface area contributed by atoms with E-state index in [1.807, 2.05) is 45.0 Å². The number of nitrogens with zero attached hydrogens (tertiary/aromatic N) is 9. The normalized spacial score (nSPS) is 17.2. The first-order valence-corrected chi connectivity index (χ1v) is 29.2. The van der Waals surface area contributed by atoms with Crippen LogP contribution in [0.2, 0.25) is 0 Å². The van der Waals surface area contributed by atoms with E-state index in [0.717, 1.165) is 16.7 Å². The summed E-state index contributed by atoms with van der Waals surface area (Å²) < 4.78 is 95.1. The van der Waals surface area contributed by atoms with Gasteiger partial charge in [0.25, 0.3) is 0 Å². The molecule has 23 heteroatoms. The molecule has 3 atom stereocenters. The number of fused-ring (bicyclic) bond motifs is 3. The lowest BCUT2D eigenvalue weighted by molar-refractivity contribution is 0.0969. The SMILES string of the molecule is CC(C)(c1ccc(C(C)(c2ccc(OS(=O)(=O)c3cccc4c3C=CC(N=[N+]=[N-])C4=O)cc2)c2ccc(OS(=O)(=O)c3cccc4c3C=CC(N=[N+]=[N-])C4=O)cc2)cc1)c1ccc(S(=O)(=O)c2cccc3c2C=CC(N=[N+]=[N-])C3=O)cc1. The van der Waals surface area contributed by atoms with Crippen molar-refractivity contribution in [2.45, 2.75) is 69.3 Å². The van der Waals surface area contributed by atoms with Crippen molar-refractivity contribution < 1.29 is 48.0 Å². The summed E-state index contributed by atoms with van der Waals surface area (Å²) >= 11 is 0. The molecule has 0 aromatic heterocycles. The number of hydrogen-bond donors (Lipinski definition) is 0. The molecule has 0 N–H and O–H groups in total. The zero-order chi connectivity index (χ0) is 58.4. The summed E-state index contributed by atoms with van der Waals surface area (Å²) in [5.74, 6) is -1.78. The third-order valence-corrected chi connectivity index (χ3v) is 19.3. The first-order chi connectivity index (χ1) is 39.1. The van der Waals surface area contributed by atoms with Crippen molar-refractivity contribution in [3.8, 4) is 11.5 Å². The highest BCUT2D eigenvalue weighted by atomic mass is 32.2. The molecule has 0 saturated carbocycles. The largest absolute Gasteiger partial charge is 0.379 e. The number of azide groups is 3. The van der Waals surface area contributed by atoms with Crippen molar-refractivity contribution in [2.75, 3.05) is 0 Å². The maximum absolute atomic E-state index is 14.1. The van der Waals surface area contributed by atoms with Gasteiger partial charge in [-0.3, -0.25) is 14.4 Å². The van der Waals surface area contributed by atoms with Crippen LogP contribution in [0.5, 0.6) is 11.5 Å². The average Bonchev–Trinajstić information content (AvgIpc) is 3.28. The van der Waals surface area contributed by atoms with E-state index in [-0.39, 0.29) is 64.5 Å². The van der Waals surface area contributed by atoms with Gasteiger partial charge in [0.05, 0.1) is 9.79 Å². The summed E-state index contributed by atoms with van der Waals surface area (Å²) in [6.07, 6.45) is 8.26. The molecule has 0 aliphatic heterocycles. The summed E-state index contributed by atoms with van der Waals surface area (Å²) in [7, 11) is -13.2. The Morgan fingerprint density at radius 2 is 0.720 bits per heavy atom. The number of ketones is 3. The van der Waals surface area contributed by atoms with Crippen LogP contribution in [0.15, 0.2) is 205 Å². The number of hydrogen-bond acceptors (Lipinski definition) is 14. The van der Waals surface area contributed by atoms with Crippen molar-refractivity contribution in [3.05, 3.63) is 262 Å². The highest BCUT2D eigenvalue weighted by Crippen LogP contribution is 2.43. The fraction of sp³-hybridized carbons (Fsp3) is 0.136. The zero-order valence-electron chi connectivity index (χ0n) is 43.4. The first kappa shape index (κ1) is 55.5.